The lowest BCUT2D eigenvalue weighted by molar-refractivity contribution is 0.0735. The molecule has 0 aliphatic carbocycles. The molecule has 1 fully saturated rings. The highest BCUT2D eigenvalue weighted by atomic mass is 32.1. The molecule has 2 heterocycles. The minimum atomic E-state index is -0.212. The third-order valence-corrected chi connectivity index (χ3v) is 8.79. The van der Waals surface area contributed by atoms with E-state index >= 15 is 0 Å². The third-order valence-electron chi connectivity index (χ3n) is 7.73. The molecule has 0 unspecified atom stereocenters. The van der Waals surface area contributed by atoms with Crippen molar-refractivity contribution in [3.05, 3.63) is 105 Å². The van der Waals surface area contributed by atoms with Gasteiger partial charge in [-0.3, -0.25) is 9.59 Å². The zero-order valence-corrected chi connectivity index (χ0v) is 25.6. The number of hydrogen-bond donors (Lipinski definition) is 3. The molecular formula is C34H38N4O4S. The summed E-state index contributed by atoms with van der Waals surface area (Å²) in [5.74, 6) is 0.692. The number of aryl methyl sites for hydroxylation is 2. The van der Waals surface area contributed by atoms with Gasteiger partial charge >= 0.3 is 0 Å². The zero-order chi connectivity index (χ0) is 30.3. The first-order valence-corrected chi connectivity index (χ1v) is 15.5. The Bertz CT molecular complexity index is 1590. The second-order valence-corrected chi connectivity index (χ2v) is 11.9. The smallest absolute Gasteiger partial charge is 0.254 e. The molecule has 2 atom stereocenters. The number of phenols is 1. The summed E-state index contributed by atoms with van der Waals surface area (Å²) < 4.78 is 5.27. The summed E-state index contributed by atoms with van der Waals surface area (Å²) in [6.07, 6.45) is 3.23. The van der Waals surface area contributed by atoms with Crippen molar-refractivity contribution < 1.29 is 19.4 Å². The number of hydrogen-bond acceptors (Lipinski definition) is 7. The highest BCUT2D eigenvalue weighted by Crippen LogP contribution is 2.35. The second-order valence-electron chi connectivity index (χ2n) is 11.0. The van der Waals surface area contributed by atoms with E-state index in [0.29, 0.717) is 42.7 Å². The van der Waals surface area contributed by atoms with E-state index in [2.05, 4.69) is 15.6 Å². The minimum Gasteiger partial charge on any atom is -0.506 e. The van der Waals surface area contributed by atoms with Gasteiger partial charge in [0.25, 0.3) is 11.8 Å². The van der Waals surface area contributed by atoms with E-state index in [4.69, 9.17) is 4.74 Å². The summed E-state index contributed by atoms with van der Waals surface area (Å²) >= 11 is 1.59. The van der Waals surface area contributed by atoms with E-state index in [1.807, 2.05) is 60.5 Å². The topological polar surface area (TPSA) is 104 Å². The molecule has 3 aromatic carbocycles. The number of carbonyl (C=O) groups is 2. The van der Waals surface area contributed by atoms with Gasteiger partial charge < -0.3 is 25.4 Å². The summed E-state index contributed by atoms with van der Waals surface area (Å²) in [5.41, 5.74) is 4.63. The van der Waals surface area contributed by atoms with Crippen molar-refractivity contribution in [2.24, 2.45) is 0 Å². The predicted molar refractivity (Wildman–Crippen MR) is 170 cm³/mol. The summed E-state index contributed by atoms with van der Waals surface area (Å²) in [6.45, 7) is 5.17. The van der Waals surface area contributed by atoms with Crippen molar-refractivity contribution in [1.29, 1.82) is 0 Å². The number of carbonyl (C=O) groups excluding carboxylic acids is 2. The Kier molecular flexibility index (Phi) is 9.61. The van der Waals surface area contributed by atoms with E-state index in [0.717, 1.165) is 40.4 Å². The van der Waals surface area contributed by atoms with Crippen LogP contribution in [0.15, 0.2) is 72.1 Å². The average Bonchev–Trinajstić information content (AvgIpc) is 3.68. The summed E-state index contributed by atoms with van der Waals surface area (Å²) in [6, 6.07) is 20.2. The Morgan fingerprint density at radius 1 is 1.09 bits per heavy atom. The normalized spacial score (nSPS) is 15.2. The SMILES string of the molecule is COc1cccc(CNc2ccc(CC[C@H](C)NC(=O)c3cccc(C(=O)N4CCC[C@@H]4c4nc(C)cs4)c3)cc2O)c1. The number of amides is 2. The maximum Gasteiger partial charge on any atom is 0.254 e. The van der Waals surface area contributed by atoms with Gasteiger partial charge in [-0.05, 0) is 93.1 Å². The van der Waals surface area contributed by atoms with Crippen molar-refractivity contribution >= 4 is 28.8 Å². The van der Waals surface area contributed by atoms with Crippen molar-refractivity contribution in [3.8, 4) is 11.5 Å². The number of aromatic hydroxyl groups is 1. The van der Waals surface area contributed by atoms with E-state index in [9.17, 15) is 14.7 Å². The molecule has 1 saturated heterocycles. The van der Waals surface area contributed by atoms with Gasteiger partial charge in [-0.25, -0.2) is 4.98 Å². The molecule has 1 aliphatic heterocycles. The van der Waals surface area contributed by atoms with Gasteiger partial charge in [0, 0.05) is 41.3 Å². The average molecular weight is 599 g/mol. The minimum absolute atomic E-state index is 0.0130. The monoisotopic (exact) mass is 598 g/mol. The van der Waals surface area contributed by atoms with Gasteiger partial charge in [-0.2, -0.15) is 0 Å². The first-order chi connectivity index (χ1) is 20.8. The van der Waals surface area contributed by atoms with Crippen molar-refractivity contribution in [3.63, 3.8) is 0 Å². The van der Waals surface area contributed by atoms with Crippen LogP contribution >= 0.6 is 11.3 Å². The number of thiazole rings is 1. The summed E-state index contributed by atoms with van der Waals surface area (Å²) in [5, 5.41) is 19.9. The van der Waals surface area contributed by atoms with Crippen LogP contribution in [0, 0.1) is 6.92 Å². The molecule has 8 nitrogen and oxygen atoms in total. The molecule has 0 bridgehead atoms. The molecular weight excluding hydrogens is 560 g/mol. The van der Waals surface area contributed by atoms with Crippen LogP contribution in [0.2, 0.25) is 0 Å². The van der Waals surface area contributed by atoms with Gasteiger partial charge in [0.05, 0.1) is 18.8 Å². The van der Waals surface area contributed by atoms with Crippen LogP contribution in [0.4, 0.5) is 5.69 Å². The van der Waals surface area contributed by atoms with Crippen molar-refractivity contribution in [1.82, 2.24) is 15.2 Å². The van der Waals surface area contributed by atoms with Crippen LogP contribution in [-0.2, 0) is 13.0 Å². The standard InChI is InChI=1S/C34H38N4O4S/c1-22(12-13-24-14-15-29(31(39)18-24)35-20-25-7-4-10-28(17-25)42-3)36-32(40)26-8-5-9-27(19-26)34(41)38-16-6-11-30(38)33-37-23(2)21-43-33/h4-5,7-10,14-15,17-19,21-22,30,35,39H,6,11-13,16,20H2,1-3H3,(H,36,40)/t22-,30+/m0/s1. The number of aromatic nitrogens is 1. The molecule has 3 N–H and O–H groups in total. The second kappa shape index (κ2) is 13.7. The predicted octanol–water partition coefficient (Wildman–Crippen LogP) is 6.51. The number of nitrogens with one attached hydrogen (secondary N) is 2. The fourth-order valence-corrected chi connectivity index (χ4v) is 6.32. The van der Waals surface area contributed by atoms with Crippen LogP contribution in [-0.4, -0.2) is 46.5 Å². The molecule has 224 valence electrons. The molecule has 9 heteroatoms. The van der Waals surface area contributed by atoms with Crippen LogP contribution in [0.5, 0.6) is 11.5 Å². The fraction of sp³-hybridized carbons (Fsp3) is 0.324. The quantitative estimate of drug-likeness (QED) is 0.170. The number of methoxy groups -OCH3 is 1. The Morgan fingerprint density at radius 3 is 2.67 bits per heavy atom. The van der Waals surface area contributed by atoms with Gasteiger partial charge in [-0.15, -0.1) is 11.3 Å². The summed E-state index contributed by atoms with van der Waals surface area (Å²) in [4.78, 5) is 33.0. The number of phenolic OH excluding ortho intramolecular Hbond substituents is 1. The molecule has 0 saturated carbocycles. The van der Waals surface area contributed by atoms with Crippen molar-refractivity contribution in [2.75, 3.05) is 19.0 Å². The van der Waals surface area contributed by atoms with Crippen LogP contribution in [0.25, 0.3) is 0 Å². The molecule has 0 radical (unpaired) electrons. The molecule has 0 spiro atoms. The highest BCUT2D eigenvalue weighted by molar-refractivity contribution is 7.09. The van der Waals surface area contributed by atoms with E-state index in [1.54, 1.807) is 48.8 Å². The number of benzene rings is 3. The lowest BCUT2D eigenvalue weighted by atomic mass is 10.0. The fourth-order valence-electron chi connectivity index (χ4n) is 5.38. The van der Waals surface area contributed by atoms with Gasteiger partial charge in [0.15, 0.2) is 0 Å². The third kappa shape index (κ3) is 7.53. The Balaban J connectivity index is 1.13. The van der Waals surface area contributed by atoms with E-state index in [-0.39, 0.29) is 29.6 Å². The van der Waals surface area contributed by atoms with Crippen LogP contribution in [0.3, 0.4) is 0 Å². The Labute approximate surface area is 256 Å². The van der Waals surface area contributed by atoms with E-state index in [1.165, 1.54) is 0 Å². The maximum atomic E-state index is 13.4. The first-order valence-electron chi connectivity index (χ1n) is 14.6. The first kappa shape index (κ1) is 30.1. The lowest BCUT2D eigenvalue weighted by Crippen LogP contribution is -2.33. The molecule has 4 aromatic rings. The van der Waals surface area contributed by atoms with Gasteiger partial charge in [0.2, 0.25) is 0 Å². The maximum absolute atomic E-state index is 13.4. The summed E-state index contributed by atoms with van der Waals surface area (Å²) in [7, 11) is 1.64. The number of nitrogens with zero attached hydrogens (tertiary/aromatic N) is 2. The largest absolute Gasteiger partial charge is 0.506 e. The number of likely N-dealkylation sites (tertiary alicyclic amines) is 1. The van der Waals surface area contributed by atoms with Crippen molar-refractivity contribution in [2.45, 2.75) is 58.2 Å². The molecule has 2 amide bonds. The molecule has 1 aromatic heterocycles. The van der Waals surface area contributed by atoms with E-state index < -0.39 is 0 Å². The van der Waals surface area contributed by atoms with Gasteiger partial charge in [-0.1, -0.05) is 24.3 Å². The lowest BCUT2D eigenvalue weighted by Gasteiger charge is -2.23. The molecule has 5 rings (SSSR count). The number of ether oxygens (including phenoxy) is 1. The molecule has 1 aliphatic rings. The number of anilines is 1. The van der Waals surface area contributed by atoms with Gasteiger partial charge in [0.1, 0.15) is 16.5 Å². The molecule has 43 heavy (non-hydrogen) atoms. The highest BCUT2D eigenvalue weighted by Gasteiger charge is 2.32. The van der Waals surface area contributed by atoms with Crippen LogP contribution < -0.4 is 15.4 Å². The Hall–Kier alpha value is -4.37. The zero-order valence-electron chi connectivity index (χ0n) is 24.8. The van der Waals surface area contributed by atoms with Crippen LogP contribution in [0.1, 0.15) is 74.8 Å². The number of rotatable bonds is 11. The Morgan fingerprint density at radius 2 is 1.91 bits per heavy atom.